The van der Waals surface area contributed by atoms with Crippen molar-refractivity contribution in [3.63, 3.8) is 0 Å². The highest BCUT2D eigenvalue weighted by molar-refractivity contribution is 6.36. The molecular formula is C48H34N8O2. The second-order valence-electron chi connectivity index (χ2n) is 14.4. The quantitative estimate of drug-likeness (QED) is 0.154. The van der Waals surface area contributed by atoms with Crippen LogP contribution in [-0.2, 0) is 0 Å². The Kier molecular flexibility index (Phi) is 8.08. The molecule has 10 nitrogen and oxygen atoms in total. The molecule has 3 aromatic heterocycles. The van der Waals surface area contributed by atoms with Gasteiger partial charge in [-0.25, -0.2) is 34.8 Å². The van der Waals surface area contributed by atoms with Crippen LogP contribution in [0.5, 0.6) is 0 Å². The number of aromatic nitrogens is 7. The number of hydrogen-bond acceptors (Lipinski definition) is 8. The van der Waals surface area contributed by atoms with E-state index < -0.39 is 11.8 Å². The van der Waals surface area contributed by atoms with Crippen molar-refractivity contribution in [2.24, 2.45) is 0 Å². The number of hydrogen-bond donors (Lipinski definition) is 0. The lowest BCUT2D eigenvalue weighted by Gasteiger charge is -2.20. The van der Waals surface area contributed by atoms with Gasteiger partial charge in [-0.05, 0) is 80.8 Å². The first kappa shape index (κ1) is 34.7. The Bertz CT molecular complexity index is 3010. The van der Waals surface area contributed by atoms with Crippen molar-refractivity contribution in [3.8, 4) is 50.7 Å². The van der Waals surface area contributed by atoms with Crippen molar-refractivity contribution >= 4 is 39.3 Å². The van der Waals surface area contributed by atoms with Crippen LogP contribution >= 0.6 is 0 Å². The van der Waals surface area contributed by atoms with Crippen LogP contribution in [0.15, 0.2) is 133 Å². The molecule has 1 aliphatic rings. The summed E-state index contributed by atoms with van der Waals surface area (Å²) in [6.07, 6.45) is 0. The molecule has 2 amide bonds. The summed E-state index contributed by atoms with van der Waals surface area (Å²) in [5.41, 5.74) is 8.28. The van der Waals surface area contributed by atoms with Crippen molar-refractivity contribution in [2.45, 2.75) is 27.7 Å². The van der Waals surface area contributed by atoms with Crippen molar-refractivity contribution in [1.29, 1.82) is 0 Å². The van der Waals surface area contributed by atoms with Gasteiger partial charge in [0.05, 0.1) is 33.5 Å². The van der Waals surface area contributed by atoms with E-state index in [1.165, 1.54) is 4.90 Å². The molecule has 1 aliphatic heterocycles. The first-order chi connectivity index (χ1) is 28.2. The molecule has 58 heavy (non-hydrogen) atoms. The van der Waals surface area contributed by atoms with Gasteiger partial charge in [-0.15, -0.1) is 0 Å². The van der Waals surface area contributed by atoms with Gasteiger partial charge in [0.25, 0.3) is 11.8 Å². The van der Waals surface area contributed by atoms with Crippen molar-refractivity contribution in [1.82, 2.24) is 34.5 Å². The second kappa shape index (κ2) is 13.5. The molecular weight excluding hydrogens is 721 g/mol. The van der Waals surface area contributed by atoms with Crippen LogP contribution in [0.1, 0.15) is 44.0 Å². The summed E-state index contributed by atoms with van der Waals surface area (Å²) in [6.45, 7) is 7.37. The lowest BCUT2D eigenvalue weighted by molar-refractivity contribution is 0.0926. The number of anilines is 1. The Morgan fingerprint density at radius 1 is 0.397 bits per heavy atom. The van der Waals surface area contributed by atoms with Gasteiger partial charge in [0.1, 0.15) is 23.3 Å². The minimum Gasteiger partial charge on any atom is -0.307 e. The van der Waals surface area contributed by atoms with Crippen LogP contribution in [0.3, 0.4) is 0 Å². The van der Waals surface area contributed by atoms with Crippen LogP contribution in [0.4, 0.5) is 5.69 Å². The number of fused-ring (bicyclic) bond motifs is 4. The van der Waals surface area contributed by atoms with Crippen LogP contribution in [0.2, 0.25) is 0 Å². The number of amides is 2. The van der Waals surface area contributed by atoms with E-state index in [4.69, 9.17) is 19.9 Å². The maximum atomic E-state index is 15.2. The molecule has 4 heterocycles. The summed E-state index contributed by atoms with van der Waals surface area (Å²) in [5.74, 6) is 2.51. The highest BCUT2D eigenvalue weighted by Crippen LogP contribution is 2.44. The largest absolute Gasteiger partial charge is 0.307 e. The van der Waals surface area contributed by atoms with E-state index in [1.54, 1.807) is 6.07 Å². The van der Waals surface area contributed by atoms with E-state index >= 15 is 4.79 Å². The van der Waals surface area contributed by atoms with E-state index in [9.17, 15) is 4.79 Å². The van der Waals surface area contributed by atoms with Crippen LogP contribution in [0.25, 0.3) is 72.5 Å². The molecule has 10 rings (SSSR count). The lowest BCUT2D eigenvalue weighted by atomic mass is 9.97. The molecule has 0 saturated carbocycles. The number of imide groups is 1. The molecule has 0 fully saturated rings. The Hall–Kier alpha value is -7.72. The third kappa shape index (κ3) is 5.56. The molecule has 0 N–H and O–H groups in total. The van der Waals surface area contributed by atoms with E-state index in [0.717, 1.165) is 55.2 Å². The van der Waals surface area contributed by atoms with Gasteiger partial charge in [0.15, 0.2) is 11.6 Å². The molecule has 0 radical (unpaired) electrons. The van der Waals surface area contributed by atoms with E-state index in [1.807, 2.05) is 143 Å². The predicted molar refractivity (Wildman–Crippen MR) is 226 cm³/mol. The fraction of sp³-hybridized carbons (Fsp3) is 0.0833. The average Bonchev–Trinajstić information content (AvgIpc) is 3.71. The second-order valence-corrected chi connectivity index (χ2v) is 14.4. The Balaban J connectivity index is 1.26. The summed E-state index contributed by atoms with van der Waals surface area (Å²) in [5, 5.41) is 1.81. The number of rotatable bonds is 6. The number of benzene rings is 6. The van der Waals surface area contributed by atoms with Gasteiger partial charge < -0.3 is 4.57 Å². The molecule has 0 atom stereocenters. The Labute approximate surface area is 333 Å². The maximum Gasteiger partial charge on any atom is 0.268 e. The van der Waals surface area contributed by atoms with E-state index in [2.05, 4.69) is 26.7 Å². The molecule has 0 aliphatic carbocycles. The highest BCUT2D eigenvalue weighted by Gasteiger charge is 2.41. The highest BCUT2D eigenvalue weighted by atomic mass is 16.2. The maximum absolute atomic E-state index is 15.2. The van der Waals surface area contributed by atoms with Crippen LogP contribution < -0.4 is 4.90 Å². The van der Waals surface area contributed by atoms with Crippen molar-refractivity contribution in [3.05, 3.63) is 168 Å². The number of carbonyl (C=O) groups is 2. The number of aryl methyl sites for hydroxylation is 4. The van der Waals surface area contributed by atoms with Gasteiger partial charge in [0.2, 0.25) is 0 Å². The summed E-state index contributed by atoms with van der Waals surface area (Å²) in [6, 6.07) is 43.3. The SMILES string of the molecule is Cc1nc(C)nc(-c2cccc3c4cccc(-c5nc(C)nc(C)n5)c4n(-c4cccc5c4C(=O)N(c4ccc(-c6ccccc6)cc4-c4ccccc4)C5=O)c23)n1. The van der Waals surface area contributed by atoms with E-state index in [0.29, 0.717) is 51.9 Å². The predicted octanol–water partition coefficient (Wildman–Crippen LogP) is 9.86. The Morgan fingerprint density at radius 2 is 0.897 bits per heavy atom. The minimum atomic E-state index is -0.427. The monoisotopic (exact) mass is 754 g/mol. The van der Waals surface area contributed by atoms with Crippen molar-refractivity contribution < 1.29 is 9.59 Å². The molecule has 0 unspecified atom stereocenters. The third-order valence-electron chi connectivity index (χ3n) is 10.6. The minimum absolute atomic E-state index is 0.285. The molecule has 278 valence electrons. The zero-order valence-electron chi connectivity index (χ0n) is 32.1. The molecule has 6 aromatic carbocycles. The van der Waals surface area contributed by atoms with Crippen molar-refractivity contribution in [2.75, 3.05) is 4.90 Å². The van der Waals surface area contributed by atoms with Gasteiger partial charge in [-0.3, -0.25) is 9.59 Å². The lowest BCUT2D eigenvalue weighted by Crippen LogP contribution is -2.30. The molecule has 0 spiro atoms. The molecule has 0 saturated heterocycles. The van der Waals surface area contributed by atoms with Crippen LogP contribution in [0, 0.1) is 27.7 Å². The number of nitrogens with zero attached hydrogens (tertiary/aromatic N) is 8. The van der Waals surface area contributed by atoms with E-state index in [-0.39, 0.29) is 5.56 Å². The van der Waals surface area contributed by atoms with Gasteiger partial charge in [0, 0.05) is 27.5 Å². The van der Waals surface area contributed by atoms with Gasteiger partial charge in [-0.1, -0.05) is 97.1 Å². The average molecular weight is 755 g/mol. The summed E-state index contributed by atoms with van der Waals surface area (Å²) >= 11 is 0. The fourth-order valence-corrected chi connectivity index (χ4v) is 8.25. The molecule has 9 aromatic rings. The zero-order chi connectivity index (χ0) is 39.7. The normalized spacial score (nSPS) is 12.5. The number of para-hydroxylation sites is 2. The molecule has 10 heteroatoms. The van der Waals surface area contributed by atoms with Crippen LogP contribution in [-0.4, -0.2) is 46.3 Å². The smallest absolute Gasteiger partial charge is 0.268 e. The standard InChI is InChI=1S/C48H34N8O2/c1-27-49-28(2)52-45(51-27)37-21-11-18-34-35-19-12-22-38(46-53-29(3)50-30(4)54-46)44(35)55(43(34)37)41-23-13-20-36-42(41)48(58)56(47(36)57)40-25-24-33(31-14-7-5-8-15-31)26-39(40)32-16-9-6-10-17-32/h5-26H,1-4H3. The summed E-state index contributed by atoms with van der Waals surface area (Å²) in [7, 11) is 0. The van der Waals surface area contributed by atoms with Gasteiger partial charge in [-0.2, -0.15) is 0 Å². The van der Waals surface area contributed by atoms with Gasteiger partial charge >= 0.3 is 0 Å². The third-order valence-corrected chi connectivity index (χ3v) is 10.6. The number of carbonyl (C=O) groups excluding carboxylic acids is 2. The fourth-order valence-electron chi connectivity index (χ4n) is 8.25. The summed E-state index contributed by atoms with van der Waals surface area (Å²) in [4.78, 5) is 59.4. The summed E-state index contributed by atoms with van der Waals surface area (Å²) < 4.78 is 2.06. The topological polar surface area (TPSA) is 120 Å². The first-order valence-corrected chi connectivity index (χ1v) is 19.0. The molecule has 0 bridgehead atoms. The first-order valence-electron chi connectivity index (χ1n) is 19.0. The zero-order valence-corrected chi connectivity index (χ0v) is 32.1. The Morgan fingerprint density at radius 3 is 1.45 bits per heavy atom.